The first-order valence-electron chi connectivity index (χ1n) is 6.69. The molecule has 1 heterocycles. The van der Waals surface area contributed by atoms with Gasteiger partial charge in [-0.15, -0.1) is 0 Å². The summed E-state index contributed by atoms with van der Waals surface area (Å²) in [5, 5.41) is 9.40. The second kappa shape index (κ2) is 5.78. The Bertz CT molecular complexity index is 228. The molecule has 3 heteroatoms. The number of aliphatic hydroxyl groups excluding tert-OH is 1. The first-order chi connectivity index (χ1) is 7.75. The molecule has 3 nitrogen and oxygen atoms in total. The van der Waals surface area contributed by atoms with Gasteiger partial charge in [-0.3, -0.25) is 9.69 Å². The maximum atomic E-state index is 12.0. The molecule has 2 rings (SSSR count). The number of likely N-dealkylation sites (tertiary alicyclic amines) is 1. The highest BCUT2D eigenvalue weighted by molar-refractivity contribution is 5.83. The second-order valence-electron chi connectivity index (χ2n) is 5.31. The van der Waals surface area contributed by atoms with Crippen molar-refractivity contribution < 1.29 is 9.90 Å². The van der Waals surface area contributed by atoms with Crippen molar-refractivity contribution in [2.45, 2.75) is 51.0 Å². The molecule has 0 bridgehead atoms. The van der Waals surface area contributed by atoms with Gasteiger partial charge in [0.15, 0.2) is 0 Å². The van der Waals surface area contributed by atoms with Crippen molar-refractivity contribution in [1.29, 1.82) is 0 Å². The molecule has 1 saturated carbocycles. The van der Waals surface area contributed by atoms with Crippen molar-refractivity contribution >= 4 is 5.78 Å². The summed E-state index contributed by atoms with van der Waals surface area (Å²) in [5.74, 6) is 0.775. The molecule has 0 unspecified atom stereocenters. The van der Waals surface area contributed by atoms with E-state index in [1.807, 2.05) is 0 Å². The van der Waals surface area contributed by atoms with Gasteiger partial charge in [-0.1, -0.05) is 19.3 Å². The molecule has 0 amide bonds. The van der Waals surface area contributed by atoms with E-state index < -0.39 is 0 Å². The van der Waals surface area contributed by atoms with E-state index in [0.717, 1.165) is 38.8 Å². The van der Waals surface area contributed by atoms with Crippen LogP contribution in [0.15, 0.2) is 0 Å². The third-order valence-electron chi connectivity index (χ3n) is 4.00. The van der Waals surface area contributed by atoms with Crippen LogP contribution in [0.2, 0.25) is 0 Å². The number of Topliss-reactive ketones (excluding diaryl/α,β-unsaturated/α-hetero) is 1. The van der Waals surface area contributed by atoms with Crippen LogP contribution >= 0.6 is 0 Å². The summed E-state index contributed by atoms with van der Waals surface area (Å²) in [4.78, 5) is 14.3. The smallest absolute Gasteiger partial charge is 0.149 e. The molecule has 0 aromatic rings. The summed E-state index contributed by atoms with van der Waals surface area (Å²) in [6.45, 7) is 2.40. The quantitative estimate of drug-likeness (QED) is 0.793. The Morgan fingerprint density at radius 3 is 2.31 bits per heavy atom. The minimum Gasteiger partial charge on any atom is -0.393 e. The minimum absolute atomic E-state index is 0.138. The van der Waals surface area contributed by atoms with E-state index >= 15 is 0 Å². The summed E-state index contributed by atoms with van der Waals surface area (Å²) >= 11 is 0. The number of carbonyl (C=O) groups is 1. The largest absolute Gasteiger partial charge is 0.393 e. The van der Waals surface area contributed by atoms with Gasteiger partial charge in [0.2, 0.25) is 0 Å². The molecule has 2 fully saturated rings. The Morgan fingerprint density at radius 2 is 1.69 bits per heavy atom. The Kier molecular flexibility index (Phi) is 4.36. The molecule has 1 aliphatic carbocycles. The van der Waals surface area contributed by atoms with Gasteiger partial charge >= 0.3 is 0 Å². The maximum Gasteiger partial charge on any atom is 0.149 e. The van der Waals surface area contributed by atoms with Crippen molar-refractivity contribution in [3.63, 3.8) is 0 Å². The number of carbonyl (C=O) groups excluding carboxylic acids is 1. The fourth-order valence-electron chi connectivity index (χ4n) is 2.85. The van der Waals surface area contributed by atoms with Crippen LogP contribution in [0.4, 0.5) is 0 Å². The molecule has 0 spiro atoms. The van der Waals surface area contributed by atoms with E-state index in [1.54, 1.807) is 0 Å². The van der Waals surface area contributed by atoms with E-state index in [1.165, 1.54) is 19.3 Å². The van der Waals surface area contributed by atoms with Crippen molar-refractivity contribution in [3.05, 3.63) is 0 Å². The van der Waals surface area contributed by atoms with E-state index in [0.29, 0.717) is 18.2 Å². The zero-order chi connectivity index (χ0) is 11.4. The van der Waals surface area contributed by atoms with E-state index in [9.17, 15) is 9.90 Å². The van der Waals surface area contributed by atoms with Crippen LogP contribution in [0.1, 0.15) is 44.9 Å². The van der Waals surface area contributed by atoms with Crippen molar-refractivity contribution in [2.75, 3.05) is 19.6 Å². The van der Waals surface area contributed by atoms with Crippen LogP contribution in [-0.2, 0) is 4.79 Å². The average molecular weight is 225 g/mol. The normalized spacial score (nSPS) is 25.8. The molecule has 1 saturated heterocycles. The molecular formula is C13H23NO2. The molecular weight excluding hydrogens is 202 g/mol. The summed E-state index contributed by atoms with van der Waals surface area (Å²) < 4.78 is 0. The summed E-state index contributed by atoms with van der Waals surface area (Å²) in [7, 11) is 0. The number of aliphatic hydroxyl groups is 1. The van der Waals surface area contributed by atoms with Gasteiger partial charge in [0, 0.05) is 19.0 Å². The highest BCUT2D eigenvalue weighted by atomic mass is 16.3. The zero-order valence-electron chi connectivity index (χ0n) is 10.0. The minimum atomic E-state index is -0.138. The Hall–Kier alpha value is -0.410. The Balaban J connectivity index is 1.73. The maximum absolute atomic E-state index is 12.0. The molecule has 0 atom stereocenters. The lowest BCUT2D eigenvalue weighted by Gasteiger charge is -2.30. The second-order valence-corrected chi connectivity index (χ2v) is 5.31. The average Bonchev–Trinajstić information content (AvgIpc) is 2.33. The summed E-state index contributed by atoms with van der Waals surface area (Å²) in [6.07, 6.45) is 7.51. The number of piperidine rings is 1. The molecule has 0 aromatic heterocycles. The van der Waals surface area contributed by atoms with Crippen LogP contribution in [0.25, 0.3) is 0 Å². The summed E-state index contributed by atoms with van der Waals surface area (Å²) in [5.41, 5.74) is 0. The summed E-state index contributed by atoms with van der Waals surface area (Å²) in [6, 6.07) is 0. The van der Waals surface area contributed by atoms with Crippen molar-refractivity contribution in [3.8, 4) is 0 Å². The van der Waals surface area contributed by atoms with Gasteiger partial charge < -0.3 is 5.11 Å². The van der Waals surface area contributed by atoms with E-state index in [-0.39, 0.29) is 6.10 Å². The van der Waals surface area contributed by atoms with Crippen molar-refractivity contribution in [1.82, 2.24) is 4.90 Å². The molecule has 2 aliphatic rings. The molecule has 1 N–H and O–H groups in total. The van der Waals surface area contributed by atoms with Crippen LogP contribution in [0.5, 0.6) is 0 Å². The van der Waals surface area contributed by atoms with Crippen LogP contribution in [-0.4, -0.2) is 41.5 Å². The lowest BCUT2D eigenvalue weighted by molar-refractivity contribution is -0.125. The number of hydrogen-bond acceptors (Lipinski definition) is 3. The van der Waals surface area contributed by atoms with Gasteiger partial charge in [-0.25, -0.2) is 0 Å². The lowest BCUT2D eigenvalue weighted by Crippen LogP contribution is -2.40. The van der Waals surface area contributed by atoms with E-state index in [4.69, 9.17) is 0 Å². The van der Waals surface area contributed by atoms with Crippen LogP contribution in [0, 0.1) is 5.92 Å². The number of rotatable bonds is 3. The van der Waals surface area contributed by atoms with Gasteiger partial charge in [0.1, 0.15) is 5.78 Å². The predicted molar refractivity (Wildman–Crippen MR) is 63.3 cm³/mol. The van der Waals surface area contributed by atoms with Crippen molar-refractivity contribution in [2.24, 2.45) is 5.92 Å². The first-order valence-corrected chi connectivity index (χ1v) is 6.69. The van der Waals surface area contributed by atoms with E-state index in [2.05, 4.69) is 4.90 Å². The van der Waals surface area contributed by atoms with Gasteiger partial charge in [0.25, 0.3) is 0 Å². The van der Waals surface area contributed by atoms with Crippen LogP contribution in [0.3, 0.4) is 0 Å². The number of hydrogen-bond donors (Lipinski definition) is 1. The molecule has 16 heavy (non-hydrogen) atoms. The van der Waals surface area contributed by atoms with Gasteiger partial charge in [0.05, 0.1) is 12.6 Å². The Morgan fingerprint density at radius 1 is 1.06 bits per heavy atom. The molecule has 0 aromatic carbocycles. The topological polar surface area (TPSA) is 40.5 Å². The Labute approximate surface area is 97.8 Å². The first kappa shape index (κ1) is 12.1. The number of nitrogens with zero attached hydrogens (tertiary/aromatic N) is 1. The highest BCUT2D eigenvalue weighted by Gasteiger charge is 2.24. The molecule has 0 radical (unpaired) electrons. The van der Waals surface area contributed by atoms with Gasteiger partial charge in [-0.2, -0.15) is 0 Å². The standard InChI is InChI=1S/C13H23NO2/c15-12-6-8-14(9-7-12)10-13(16)11-4-2-1-3-5-11/h11-12,15H,1-10H2. The van der Waals surface area contributed by atoms with Crippen LogP contribution < -0.4 is 0 Å². The molecule has 1 aliphatic heterocycles. The number of ketones is 1. The fraction of sp³-hybridized carbons (Fsp3) is 0.923. The zero-order valence-corrected chi connectivity index (χ0v) is 10.0. The predicted octanol–water partition coefficient (Wildman–Crippen LogP) is 1.59. The monoisotopic (exact) mass is 225 g/mol. The lowest BCUT2D eigenvalue weighted by atomic mass is 9.86. The third-order valence-corrected chi connectivity index (χ3v) is 4.00. The third kappa shape index (κ3) is 3.29. The molecule has 92 valence electrons. The van der Waals surface area contributed by atoms with Gasteiger partial charge in [-0.05, 0) is 25.7 Å². The fourth-order valence-corrected chi connectivity index (χ4v) is 2.85. The SMILES string of the molecule is O=C(CN1CCC(O)CC1)C1CCCCC1. The highest BCUT2D eigenvalue weighted by Crippen LogP contribution is 2.24.